The average molecular weight is 348 g/mol. The highest BCUT2D eigenvalue weighted by atomic mass is 19.2. The summed E-state index contributed by atoms with van der Waals surface area (Å²) >= 11 is 0. The molecule has 0 spiro atoms. The normalized spacial score (nSPS) is 16.5. The van der Waals surface area contributed by atoms with E-state index in [0.29, 0.717) is 36.0 Å². The van der Waals surface area contributed by atoms with Gasteiger partial charge in [-0.15, -0.1) is 0 Å². The van der Waals surface area contributed by atoms with Gasteiger partial charge in [0.2, 0.25) is 0 Å². The van der Waals surface area contributed by atoms with E-state index < -0.39 is 29.5 Å². The Hall–Kier alpha value is -2.30. The molecule has 0 aliphatic carbocycles. The van der Waals surface area contributed by atoms with Crippen molar-refractivity contribution in [2.24, 2.45) is 0 Å². The summed E-state index contributed by atoms with van der Waals surface area (Å²) in [5.74, 6) is -2.91. The van der Waals surface area contributed by atoms with Gasteiger partial charge in [0.25, 0.3) is 0 Å². The lowest BCUT2D eigenvalue weighted by atomic mass is 9.93. The summed E-state index contributed by atoms with van der Waals surface area (Å²) in [5.41, 5.74) is 1.57. The van der Waals surface area contributed by atoms with E-state index >= 15 is 0 Å². The van der Waals surface area contributed by atoms with Crippen molar-refractivity contribution >= 4 is 5.97 Å². The minimum absolute atomic E-state index is 0.0132. The average Bonchev–Trinajstić information content (AvgIpc) is 2.59. The number of rotatable bonds is 4. The highest BCUT2D eigenvalue weighted by molar-refractivity contribution is 5.92. The fourth-order valence-corrected chi connectivity index (χ4v) is 3.18. The number of carbonyl (C=O) groups is 1. The molecule has 0 N–H and O–H groups in total. The van der Waals surface area contributed by atoms with Gasteiger partial charge in [0, 0.05) is 6.42 Å². The van der Waals surface area contributed by atoms with Gasteiger partial charge in [-0.1, -0.05) is 31.2 Å². The number of hydrogen-bond acceptors (Lipinski definition) is 2. The molecule has 0 amide bonds. The SMILES string of the molecule is CCc1ccc(CCC2Cc3ccc(C)c(F)c3C(=O)O2)c(F)c1F. The van der Waals surface area contributed by atoms with Crippen LogP contribution >= 0.6 is 0 Å². The van der Waals surface area contributed by atoms with E-state index in [4.69, 9.17) is 4.74 Å². The molecule has 0 bridgehead atoms. The lowest BCUT2D eigenvalue weighted by molar-refractivity contribution is 0.0231. The van der Waals surface area contributed by atoms with Gasteiger partial charge in [-0.05, 0) is 48.4 Å². The predicted octanol–water partition coefficient (Wildman–Crippen LogP) is 4.69. The van der Waals surface area contributed by atoms with Crippen LogP contribution in [0.4, 0.5) is 13.2 Å². The van der Waals surface area contributed by atoms with E-state index in [1.54, 1.807) is 38.1 Å². The monoisotopic (exact) mass is 348 g/mol. The molecule has 132 valence electrons. The molecule has 0 aromatic heterocycles. The zero-order valence-electron chi connectivity index (χ0n) is 14.2. The molecule has 1 aliphatic heterocycles. The third kappa shape index (κ3) is 3.28. The van der Waals surface area contributed by atoms with Crippen LogP contribution in [0.3, 0.4) is 0 Å². The van der Waals surface area contributed by atoms with Crippen molar-refractivity contribution in [2.45, 2.75) is 45.6 Å². The Morgan fingerprint density at radius 2 is 1.72 bits per heavy atom. The van der Waals surface area contributed by atoms with Crippen LogP contribution in [0.1, 0.15) is 46.0 Å². The van der Waals surface area contributed by atoms with Crippen LogP contribution in [-0.4, -0.2) is 12.1 Å². The van der Waals surface area contributed by atoms with Crippen molar-refractivity contribution in [1.82, 2.24) is 0 Å². The van der Waals surface area contributed by atoms with Gasteiger partial charge in [0.15, 0.2) is 11.6 Å². The summed E-state index contributed by atoms with van der Waals surface area (Å²) < 4.78 is 47.3. The fraction of sp³-hybridized carbons (Fsp3) is 0.350. The number of ether oxygens (including phenoxy) is 1. The molecule has 2 aromatic rings. The molecule has 2 nitrogen and oxygen atoms in total. The number of esters is 1. The minimum atomic E-state index is -0.844. The van der Waals surface area contributed by atoms with Gasteiger partial charge in [0.05, 0.1) is 5.56 Å². The number of hydrogen-bond donors (Lipinski definition) is 0. The minimum Gasteiger partial charge on any atom is -0.458 e. The van der Waals surface area contributed by atoms with Crippen LogP contribution in [-0.2, 0) is 24.0 Å². The Bertz CT molecular complexity index is 830. The second kappa shape index (κ2) is 6.90. The molecule has 1 aliphatic rings. The predicted molar refractivity (Wildman–Crippen MR) is 88.1 cm³/mol. The molecule has 1 heterocycles. The second-order valence-corrected chi connectivity index (χ2v) is 6.37. The van der Waals surface area contributed by atoms with Crippen molar-refractivity contribution in [3.05, 3.63) is 69.5 Å². The summed E-state index contributed by atoms with van der Waals surface area (Å²) in [6, 6.07) is 6.49. The maximum absolute atomic E-state index is 14.1. The van der Waals surface area contributed by atoms with Crippen LogP contribution in [0.25, 0.3) is 0 Å². The van der Waals surface area contributed by atoms with Crippen molar-refractivity contribution in [3.63, 3.8) is 0 Å². The third-order valence-electron chi connectivity index (χ3n) is 4.71. The van der Waals surface area contributed by atoms with Crippen LogP contribution in [0.15, 0.2) is 24.3 Å². The highest BCUT2D eigenvalue weighted by Gasteiger charge is 2.30. The van der Waals surface area contributed by atoms with Crippen LogP contribution < -0.4 is 0 Å². The second-order valence-electron chi connectivity index (χ2n) is 6.37. The van der Waals surface area contributed by atoms with Gasteiger partial charge in [-0.25, -0.2) is 18.0 Å². The van der Waals surface area contributed by atoms with Gasteiger partial charge >= 0.3 is 5.97 Å². The zero-order chi connectivity index (χ0) is 18.1. The van der Waals surface area contributed by atoms with Crippen LogP contribution in [0.5, 0.6) is 0 Å². The van der Waals surface area contributed by atoms with E-state index in [0.717, 1.165) is 0 Å². The van der Waals surface area contributed by atoms with E-state index in [1.807, 2.05) is 0 Å². The quantitative estimate of drug-likeness (QED) is 0.750. The molecule has 0 radical (unpaired) electrons. The molecule has 3 rings (SSSR count). The summed E-state index contributed by atoms with van der Waals surface area (Å²) in [7, 11) is 0. The van der Waals surface area contributed by atoms with Crippen molar-refractivity contribution < 1.29 is 22.7 Å². The lowest BCUT2D eigenvalue weighted by Crippen LogP contribution is -2.29. The fourth-order valence-electron chi connectivity index (χ4n) is 3.18. The number of cyclic esters (lactones) is 1. The van der Waals surface area contributed by atoms with E-state index in [2.05, 4.69) is 0 Å². The van der Waals surface area contributed by atoms with Crippen molar-refractivity contribution in [2.75, 3.05) is 0 Å². The zero-order valence-corrected chi connectivity index (χ0v) is 14.2. The molecule has 1 unspecified atom stereocenters. The molecule has 0 saturated heterocycles. The number of halogens is 3. The first-order valence-corrected chi connectivity index (χ1v) is 8.37. The Balaban J connectivity index is 1.74. The summed E-state index contributed by atoms with van der Waals surface area (Å²) in [6.45, 7) is 3.35. The first-order valence-electron chi connectivity index (χ1n) is 8.37. The summed E-state index contributed by atoms with van der Waals surface area (Å²) in [5, 5.41) is 0. The Kier molecular flexibility index (Phi) is 4.84. The highest BCUT2D eigenvalue weighted by Crippen LogP contribution is 2.27. The largest absolute Gasteiger partial charge is 0.458 e. The maximum Gasteiger partial charge on any atom is 0.341 e. The topological polar surface area (TPSA) is 26.3 Å². The molecule has 1 atom stereocenters. The van der Waals surface area contributed by atoms with Crippen molar-refractivity contribution in [3.8, 4) is 0 Å². The van der Waals surface area contributed by atoms with E-state index in [9.17, 15) is 18.0 Å². The smallest absolute Gasteiger partial charge is 0.341 e. The maximum atomic E-state index is 14.1. The number of carbonyl (C=O) groups excluding carboxylic acids is 1. The molecule has 5 heteroatoms. The molecular weight excluding hydrogens is 329 g/mol. The standard InChI is InChI=1S/C20H19F3O2/c1-3-12-6-7-13(19(23)18(12)22)8-9-15-10-14-5-4-11(2)17(21)16(14)20(24)25-15/h4-7,15H,3,8-10H2,1-2H3. The third-order valence-corrected chi connectivity index (χ3v) is 4.71. The number of benzene rings is 2. The van der Waals surface area contributed by atoms with Crippen molar-refractivity contribution in [1.29, 1.82) is 0 Å². The lowest BCUT2D eigenvalue weighted by Gasteiger charge is -2.25. The first-order chi connectivity index (χ1) is 11.9. The molecule has 0 saturated carbocycles. The molecule has 0 fully saturated rings. The van der Waals surface area contributed by atoms with Gasteiger partial charge in [0.1, 0.15) is 11.9 Å². The Labute approximate surface area is 144 Å². The Morgan fingerprint density at radius 1 is 1.04 bits per heavy atom. The van der Waals surface area contributed by atoms with Crippen LogP contribution in [0, 0.1) is 24.4 Å². The van der Waals surface area contributed by atoms with Crippen LogP contribution in [0.2, 0.25) is 0 Å². The van der Waals surface area contributed by atoms with E-state index in [-0.39, 0.29) is 17.5 Å². The summed E-state index contributed by atoms with van der Waals surface area (Å²) in [4.78, 5) is 12.1. The number of fused-ring (bicyclic) bond motifs is 1. The number of aryl methyl sites for hydroxylation is 3. The molecular formula is C20H19F3O2. The van der Waals surface area contributed by atoms with Gasteiger partial charge in [-0.2, -0.15) is 0 Å². The molecule has 2 aromatic carbocycles. The van der Waals surface area contributed by atoms with Gasteiger partial charge in [-0.3, -0.25) is 0 Å². The summed E-state index contributed by atoms with van der Waals surface area (Å²) in [6.07, 6.45) is 0.910. The molecule has 25 heavy (non-hydrogen) atoms. The first kappa shape index (κ1) is 17.5. The van der Waals surface area contributed by atoms with E-state index in [1.165, 1.54) is 0 Å². The Morgan fingerprint density at radius 3 is 2.44 bits per heavy atom. The van der Waals surface area contributed by atoms with Gasteiger partial charge < -0.3 is 4.74 Å².